The first-order valence-electron chi connectivity index (χ1n) is 7.06. The van der Waals surface area contributed by atoms with Crippen LogP contribution in [0, 0.1) is 0 Å². The van der Waals surface area contributed by atoms with Gasteiger partial charge in [0.25, 0.3) is 0 Å². The third-order valence-corrected chi connectivity index (χ3v) is 6.00. The van der Waals surface area contributed by atoms with Crippen LogP contribution in [-0.2, 0) is 16.0 Å². The number of para-hydroxylation sites is 1. The van der Waals surface area contributed by atoms with Gasteiger partial charge in [-0.25, -0.2) is 9.78 Å². The van der Waals surface area contributed by atoms with E-state index in [0.29, 0.717) is 18.6 Å². The topological polar surface area (TPSA) is 79.3 Å². The Morgan fingerprint density at radius 3 is 2.86 bits per heavy atom. The van der Waals surface area contributed by atoms with Gasteiger partial charge >= 0.3 is 5.97 Å². The predicted octanol–water partition coefficient (Wildman–Crippen LogP) is 2.31. The molecule has 1 atom stereocenters. The second-order valence-corrected chi connectivity index (χ2v) is 7.53. The first-order chi connectivity index (χ1) is 10.6. The molecule has 1 aromatic heterocycles. The lowest BCUT2D eigenvalue weighted by atomic mass is 9.99. The van der Waals surface area contributed by atoms with E-state index in [1.165, 1.54) is 0 Å². The summed E-state index contributed by atoms with van der Waals surface area (Å²) in [7, 11) is 0. The van der Waals surface area contributed by atoms with Crippen LogP contribution in [0.2, 0.25) is 0 Å². The molecule has 1 fully saturated rings. The molecule has 0 unspecified atom stereocenters. The van der Waals surface area contributed by atoms with Gasteiger partial charge in [-0.2, -0.15) is 11.8 Å². The molecule has 2 aromatic rings. The summed E-state index contributed by atoms with van der Waals surface area (Å²) in [5.41, 5.74) is -0.146. The van der Waals surface area contributed by atoms with E-state index in [1.807, 2.05) is 24.3 Å². The monoisotopic (exact) mass is 336 g/mol. The number of carboxylic acid groups (broad SMARTS) is 1. The van der Waals surface area contributed by atoms with E-state index in [0.717, 1.165) is 21.0 Å². The molecule has 1 aromatic carbocycles. The molecule has 0 spiro atoms. The number of thioether (sulfide) groups is 1. The van der Waals surface area contributed by atoms with E-state index in [2.05, 4.69) is 10.3 Å². The van der Waals surface area contributed by atoms with Gasteiger partial charge in [-0.15, -0.1) is 11.3 Å². The summed E-state index contributed by atoms with van der Waals surface area (Å²) < 4.78 is 1.10. The number of thiazole rings is 1. The Bertz CT molecular complexity index is 675. The Kier molecular flexibility index (Phi) is 4.35. The van der Waals surface area contributed by atoms with E-state index in [9.17, 15) is 14.7 Å². The fraction of sp³-hybridized carbons (Fsp3) is 0.400. The lowest BCUT2D eigenvalue weighted by Crippen LogP contribution is -2.54. The SMILES string of the molecule is O=C(CCc1nc2ccccc2s1)N[C@]1(C(=O)O)CCSC1. The minimum atomic E-state index is -1.09. The van der Waals surface area contributed by atoms with Gasteiger partial charge in [0.15, 0.2) is 0 Å². The quantitative estimate of drug-likeness (QED) is 0.876. The molecule has 2 heterocycles. The van der Waals surface area contributed by atoms with E-state index in [4.69, 9.17) is 0 Å². The second-order valence-electron chi connectivity index (χ2n) is 5.31. The number of carboxylic acids is 1. The highest BCUT2D eigenvalue weighted by Gasteiger charge is 2.43. The summed E-state index contributed by atoms with van der Waals surface area (Å²) >= 11 is 3.14. The van der Waals surface area contributed by atoms with Crippen molar-refractivity contribution in [1.82, 2.24) is 10.3 Å². The van der Waals surface area contributed by atoms with Gasteiger partial charge < -0.3 is 10.4 Å². The lowest BCUT2D eigenvalue weighted by molar-refractivity contribution is -0.146. The molecule has 1 saturated heterocycles. The van der Waals surface area contributed by atoms with Crippen molar-refractivity contribution in [3.8, 4) is 0 Å². The van der Waals surface area contributed by atoms with Crippen molar-refractivity contribution in [2.75, 3.05) is 11.5 Å². The van der Waals surface area contributed by atoms with Crippen molar-refractivity contribution < 1.29 is 14.7 Å². The Morgan fingerprint density at radius 2 is 2.18 bits per heavy atom. The molecule has 22 heavy (non-hydrogen) atoms. The normalized spacial score (nSPS) is 21.1. The van der Waals surface area contributed by atoms with Crippen LogP contribution in [0.1, 0.15) is 17.8 Å². The lowest BCUT2D eigenvalue weighted by Gasteiger charge is -2.24. The molecular formula is C15H16N2O3S2. The van der Waals surface area contributed by atoms with Crippen LogP contribution in [0.15, 0.2) is 24.3 Å². The van der Waals surface area contributed by atoms with E-state index in [1.54, 1.807) is 23.1 Å². The maximum absolute atomic E-state index is 12.1. The average molecular weight is 336 g/mol. The third-order valence-electron chi connectivity index (χ3n) is 3.71. The number of fused-ring (bicyclic) bond motifs is 1. The third kappa shape index (κ3) is 3.10. The van der Waals surface area contributed by atoms with E-state index in [-0.39, 0.29) is 12.3 Å². The van der Waals surface area contributed by atoms with Gasteiger partial charge in [0.2, 0.25) is 5.91 Å². The maximum Gasteiger partial charge on any atom is 0.330 e. The number of carbonyl (C=O) groups is 2. The zero-order valence-electron chi connectivity index (χ0n) is 11.9. The van der Waals surface area contributed by atoms with Crippen LogP contribution in [0.5, 0.6) is 0 Å². The van der Waals surface area contributed by atoms with Crippen LogP contribution >= 0.6 is 23.1 Å². The summed E-state index contributed by atoms with van der Waals surface area (Å²) in [6.07, 6.45) is 1.29. The van der Waals surface area contributed by atoms with Gasteiger partial charge in [0.1, 0.15) is 5.54 Å². The zero-order valence-corrected chi connectivity index (χ0v) is 13.5. The van der Waals surface area contributed by atoms with Gasteiger partial charge in [0.05, 0.1) is 15.2 Å². The molecule has 7 heteroatoms. The summed E-state index contributed by atoms with van der Waals surface area (Å²) in [6, 6.07) is 7.86. The van der Waals surface area contributed by atoms with Gasteiger partial charge in [-0.3, -0.25) is 4.79 Å². The van der Waals surface area contributed by atoms with E-state index >= 15 is 0 Å². The second kappa shape index (κ2) is 6.26. The first-order valence-corrected chi connectivity index (χ1v) is 9.03. The Morgan fingerprint density at radius 1 is 1.36 bits per heavy atom. The van der Waals surface area contributed by atoms with Crippen LogP contribution in [0.3, 0.4) is 0 Å². The molecule has 5 nitrogen and oxygen atoms in total. The minimum Gasteiger partial charge on any atom is -0.479 e. The summed E-state index contributed by atoms with van der Waals surface area (Å²) in [5.74, 6) is 0.0506. The highest BCUT2D eigenvalue weighted by atomic mass is 32.2. The molecule has 1 amide bonds. The van der Waals surface area contributed by atoms with Gasteiger partial charge in [-0.1, -0.05) is 12.1 Å². The fourth-order valence-corrected chi connectivity index (χ4v) is 4.75. The standard InChI is InChI=1S/C15H16N2O3S2/c18-12(17-15(14(19)20)7-8-21-9-15)5-6-13-16-10-3-1-2-4-11(10)22-13/h1-4H,5-9H2,(H,17,18)(H,19,20)/t15-/m1/s1. The number of carbonyl (C=O) groups excluding carboxylic acids is 1. The number of nitrogens with zero attached hydrogens (tertiary/aromatic N) is 1. The van der Waals surface area contributed by atoms with Gasteiger partial charge in [-0.05, 0) is 24.3 Å². The molecule has 0 bridgehead atoms. The summed E-state index contributed by atoms with van der Waals surface area (Å²) in [4.78, 5) is 28.0. The Balaban J connectivity index is 1.61. The van der Waals surface area contributed by atoms with Crippen molar-refractivity contribution >= 4 is 45.2 Å². The number of amides is 1. The first kappa shape index (κ1) is 15.3. The van der Waals surface area contributed by atoms with Crippen LogP contribution in [0.25, 0.3) is 10.2 Å². The van der Waals surface area contributed by atoms with Crippen LogP contribution in [0.4, 0.5) is 0 Å². The number of benzene rings is 1. The van der Waals surface area contributed by atoms with Crippen LogP contribution in [-0.4, -0.2) is 39.0 Å². The smallest absolute Gasteiger partial charge is 0.330 e. The molecule has 116 valence electrons. The molecule has 1 aliphatic heterocycles. The number of nitrogens with one attached hydrogen (secondary N) is 1. The molecule has 3 rings (SSSR count). The largest absolute Gasteiger partial charge is 0.479 e. The highest BCUT2D eigenvalue weighted by molar-refractivity contribution is 7.99. The van der Waals surface area contributed by atoms with Gasteiger partial charge in [0, 0.05) is 18.6 Å². The van der Waals surface area contributed by atoms with Crippen LogP contribution < -0.4 is 5.32 Å². The van der Waals surface area contributed by atoms with Crippen molar-refractivity contribution in [2.24, 2.45) is 0 Å². The Labute approximate surface area is 136 Å². The molecule has 0 aliphatic carbocycles. The van der Waals surface area contributed by atoms with Crippen molar-refractivity contribution in [3.05, 3.63) is 29.3 Å². The molecule has 0 radical (unpaired) electrons. The molecule has 0 saturated carbocycles. The fourth-order valence-electron chi connectivity index (χ4n) is 2.46. The number of aliphatic carboxylic acids is 1. The number of aromatic nitrogens is 1. The minimum absolute atomic E-state index is 0.218. The zero-order chi connectivity index (χ0) is 15.6. The summed E-state index contributed by atoms with van der Waals surface area (Å²) in [5, 5.41) is 13.0. The molecule has 1 aliphatic rings. The Hall–Kier alpha value is -1.60. The predicted molar refractivity (Wildman–Crippen MR) is 88.4 cm³/mol. The average Bonchev–Trinajstić information content (AvgIpc) is 3.11. The number of aryl methyl sites for hydroxylation is 1. The van der Waals surface area contributed by atoms with E-state index < -0.39 is 11.5 Å². The maximum atomic E-state index is 12.1. The van der Waals surface area contributed by atoms with Crippen molar-refractivity contribution in [3.63, 3.8) is 0 Å². The highest BCUT2D eigenvalue weighted by Crippen LogP contribution is 2.28. The van der Waals surface area contributed by atoms with Crippen molar-refractivity contribution in [1.29, 1.82) is 0 Å². The number of hydrogen-bond acceptors (Lipinski definition) is 5. The summed E-state index contributed by atoms with van der Waals surface area (Å²) in [6.45, 7) is 0. The number of rotatable bonds is 5. The number of hydrogen-bond donors (Lipinski definition) is 2. The van der Waals surface area contributed by atoms with Crippen molar-refractivity contribution in [2.45, 2.75) is 24.8 Å². The molecular weight excluding hydrogens is 320 g/mol. The molecule has 2 N–H and O–H groups in total.